The highest BCUT2D eigenvalue weighted by Gasteiger charge is 2.31. The van der Waals surface area contributed by atoms with Crippen LogP contribution in [0.5, 0.6) is 5.75 Å². The average Bonchev–Trinajstić information content (AvgIpc) is 3.14. The van der Waals surface area contributed by atoms with Crippen molar-refractivity contribution < 1.29 is 9.53 Å². The standard InChI is InChI=1S/C14H19N5O2/c1-9-11(8-19(2)18-9)14(20)17-12-4-3-5-13(12)21-10-6-15-16-7-10/h6-8,12-13H,3-5H2,1-2H3,(H,15,16)(H,17,20)/t12-,13+/m0/s1. The van der Waals surface area contributed by atoms with Gasteiger partial charge >= 0.3 is 0 Å². The van der Waals surface area contributed by atoms with Crippen molar-refractivity contribution in [3.8, 4) is 5.75 Å². The van der Waals surface area contributed by atoms with Gasteiger partial charge in [0, 0.05) is 13.2 Å². The fraction of sp³-hybridized carbons (Fsp3) is 0.500. The molecule has 2 heterocycles. The van der Waals surface area contributed by atoms with Crippen LogP contribution in [0.25, 0.3) is 0 Å². The molecule has 2 aromatic heterocycles. The molecule has 0 radical (unpaired) electrons. The number of aromatic amines is 1. The Morgan fingerprint density at radius 1 is 1.52 bits per heavy atom. The van der Waals surface area contributed by atoms with Gasteiger partial charge in [0.25, 0.3) is 5.91 Å². The number of hydrogen-bond donors (Lipinski definition) is 2. The molecule has 2 aromatic rings. The van der Waals surface area contributed by atoms with Crippen LogP contribution in [0.15, 0.2) is 18.6 Å². The van der Waals surface area contributed by atoms with Gasteiger partial charge in [0.15, 0.2) is 5.75 Å². The van der Waals surface area contributed by atoms with Crippen molar-refractivity contribution in [2.45, 2.75) is 38.3 Å². The molecule has 2 N–H and O–H groups in total. The number of H-pyrrole nitrogens is 1. The zero-order chi connectivity index (χ0) is 14.8. The summed E-state index contributed by atoms with van der Waals surface area (Å²) >= 11 is 0. The molecule has 0 bridgehead atoms. The number of carbonyl (C=O) groups is 1. The molecule has 21 heavy (non-hydrogen) atoms. The predicted molar refractivity (Wildman–Crippen MR) is 76.1 cm³/mol. The highest BCUT2D eigenvalue weighted by atomic mass is 16.5. The lowest BCUT2D eigenvalue weighted by atomic mass is 10.2. The molecule has 7 heteroatoms. The second-order valence-electron chi connectivity index (χ2n) is 5.40. The van der Waals surface area contributed by atoms with E-state index < -0.39 is 0 Å². The topological polar surface area (TPSA) is 84.8 Å². The van der Waals surface area contributed by atoms with E-state index in [2.05, 4.69) is 20.6 Å². The van der Waals surface area contributed by atoms with E-state index in [0.717, 1.165) is 25.0 Å². The highest BCUT2D eigenvalue weighted by Crippen LogP contribution is 2.24. The van der Waals surface area contributed by atoms with Crippen molar-refractivity contribution >= 4 is 5.91 Å². The SMILES string of the molecule is Cc1nn(C)cc1C(=O)N[C@H]1CCC[C@H]1Oc1cn[nH]c1. The van der Waals surface area contributed by atoms with Crippen LogP contribution < -0.4 is 10.1 Å². The number of aromatic nitrogens is 4. The Bertz CT molecular complexity index is 619. The van der Waals surface area contributed by atoms with Crippen molar-refractivity contribution in [2.24, 2.45) is 7.05 Å². The number of rotatable bonds is 4. The summed E-state index contributed by atoms with van der Waals surface area (Å²) in [6, 6.07) is 0.0204. The fourth-order valence-corrected chi connectivity index (χ4v) is 2.78. The lowest BCUT2D eigenvalue weighted by Gasteiger charge is -2.21. The fourth-order valence-electron chi connectivity index (χ4n) is 2.78. The molecule has 1 aliphatic carbocycles. The van der Waals surface area contributed by atoms with E-state index in [9.17, 15) is 4.79 Å². The monoisotopic (exact) mass is 289 g/mol. The maximum absolute atomic E-state index is 12.3. The van der Waals surface area contributed by atoms with Crippen molar-refractivity contribution in [3.05, 3.63) is 29.8 Å². The van der Waals surface area contributed by atoms with Crippen molar-refractivity contribution in [1.82, 2.24) is 25.3 Å². The first kappa shape index (κ1) is 13.7. The quantitative estimate of drug-likeness (QED) is 0.885. The third-order valence-corrected chi connectivity index (χ3v) is 3.79. The van der Waals surface area contributed by atoms with Gasteiger partial charge in [0.1, 0.15) is 6.10 Å². The Morgan fingerprint density at radius 3 is 3.05 bits per heavy atom. The van der Waals surface area contributed by atoms with E-state index in [1.165, 1.54) is 0 Å². The smallest absolute Gasteiger partial charge is 0.255 e. The third kappa shape index (κ3) is 2.91. The summed E-state index contributed by atoms with van der Waals surface area (Å²) in [5, 5.41) is 13.8. The summed E-state index contributed by atoms with van der Waals surface area (Å²) in [5.74, 6) is 0.618. The first-order valence-electron chi connectivity index (χ1n) is 7.10. The Morgan fingerprint density at radius 2 is 2.38 bits per heavy atom. The van der Waals surface area contributed by atoms with Gasteiger partial charge in [-0.25, -0.2) is 0 Å². The molecule has 0 saturated heterocycles. The molecular weight excluding hydrogens is 270 g/mol. The normalized spacial score (nSPS) is 21.4. The largest absolute Gasteiger partial charge is 0.485 e. The van der Waals surface area contributed by atoms with Gasteiger partial charge in [0.05, 0.1) is 29.7 Å². The van der Waals surface area contributed by atoms with Crippen molar-refractivity contribution in [2.75, 3.05) is 0 Å². The molecule has 1 amide bonds. The summed E-state index contributed by atoms with van der Waals surface area (Å²) in [5.41, 5.74) is 1.35. The maximum atomic E-state index is 12.3. The molecule has 0 aliphatic heterocycles. The van der Waals surface area contributed by atoms with Gasteiger partial charge in [-0.1, -0.05) is 0 Å². The van der Waals surface area contributed by atoms with Gasteiger partial charge < -0.3 is 10.1 Å². The Kier molecular flexibility index (Phi) is 3.64. The molecule has 7 nitrogen and oxygen atoms in total. The molecule has 112 valence electrons. The molecule has 1 aliphatic rings. The number of nitrogens with one attached hydrogen (secondary N) is 2. The summed E-state index contributed by atoms with van der Waals surface area (Å²) in [4.78, 5) is 12.3. The molecule has 3 rings (SSSR count). The molecule has 0 unspecified atom stereocenters. The lowest BCUT2D eigenvalue weighted by Crippen LogP contribution is -2.42. The molecular formula is C14H19N5O2. The van der Waals surface area contributed by atoms with E-state index >= 15 is 0 Å². The van der Waals surface area contributed by atoms with Gasteiger partial charge in [-0.05, 0) is 26.2 Å². The first-order chi connectivity index (χ1) is 10.1. The van der Waals surface area contributed by atoms with E-state index in [1.807, 2.05) is 14.0 Å². The molecule has 0 spiro atoms. The highest BCUT2D eigenvalue weighted by molar-refractivity contribution is 5.95. The number of ether oxygens (including phenoxy) is 1. The van der Waals surface area contributed by atoms with Crippen LogP contribution >= 0.6 is 0 Å². The zero-order valence-electron chi connectivity index (χ0n) is 12.2. The van der Waals surface area contributed by atoms with Crippen LogP contribution in [0.1, 0.15) is 35.3 Å². The third-order valence-electron chi connectivity index (χ3n) is 3.79. The van der Waals surface area contributed by atoms with Gasteiger partial charge in [0.2, 0.25) is 0 Å². The van der Waals surface area contributed by atoms with Crippen LogP contribution in [-0.4, -0.2) is 38.0 Å². The Hall–Kier alpha value is -2.31. The Balaban J connectivity index is 1.66. The average molecular weight is 289 g/mol. The van der Waals surface area contributed by atoms with Crippen LogP contribution in [0.3, 0.4) is 0 Å². The van der Waals surface area contributed by atoms with Gasteiger partial charge in [-0.15, -0.1) is 0 Å². The first-order valence-corrected chi connectivity index (χ1v) is 7.10. The number of aryl methyl sites for hydroxylation is 2. The maximum Gasteiger partial charge on any atom is 0.255 e. The second kappa shape index (κ2) is 5.59. The summed E-state index contributed by atoms with van der Waals surface area (Å²) in [7, 11) is 1.81. The minimum absolute atomic E-state index is 0.0106. The number of nitrogens with zero attached hydrogens (tertiary/aromatic N) is 3. The summed E-state index contributed by atoms with van der Waals surface area (Å²) < 4.78 is 7.52. The molecule has 1 fully saturated rings. The number of hydrogen-bond acceptors (Lipinski definition) is 4. The lowest BCUT2D eigenvalue weighted by molar-refractivity contribution is 0.0893. The van der Waals surface area contributed by atoms with Gasteiger partial charge in [-0.3, -0.25) is 14.6 Å². The predicted octanol–water partition coefficient (Wildman–Crippen LogP) is 1.18. The number of carbonyl (C=O) groups excluding carboxylic acids is 1. The second-order valence-corrected chi connectivity index (χ2v) is 5.40. The van der Waals surface area contributed by atoms with Crippen LogP contribution in [0.4, 0.5) is 0 Å². The van der Waals surface area contributed by atoms with Crippen LogP contribution in [0, 0.1) is 6.92 Å². The Labute approximate surface area is 122 Å². The van der Waals surface area contributed by atoms with E-state index in [1.54, 1.807) is 23.3 Å². The van der Waals surface area contributed by atoms with Crippen LogP contribution in [-0.2, 0) is 7.05 Å². The number of amides is 1. The van der Waals surface area contributed by atoms with E-state index in [-0.39, 0.29) is 18.1 Å². The summed E-state index contributed by atoms with van der Waals surface area (Å²) in [6.45, 7) is 1.84. The minimum Gasteiger partial charge on any atom is -0.485 e. The van der Waals surface area contributed by atoms with Crippen LogP contribution in [0.2, 0.25) is 0 Å². The summed E-state index contributed by atoms with van der Waals surface area (Å²) in [6.07, 6.45) is 7.98. The molecule has 1 saturated carbocycles. The van der Waals surface area contributed by atoms with Gasteiger partial charge in [-0.2, -0.15) is 10.2 Å². The van der Waals surface area contributed by atoms with E-state index in [4.69, 9.17) is 4.74 Å². The zero-order valence-corrected chi connectivity index (χ0v) is 12.2. The minimum atomic E-state index is -0.0895. The van der Waals surface area contributed by atoms with Crippen molar-refractivity contribution in [1.29, 1.82) is 0 Å². The van der Waals surface area contributed by atoms with E-state index in [0.29, 0.717) is 11.3 Å². The van der Waals surface area contributed by atoms with Crippen molar-refractivity contribution in [3.63, 3.8) is 0 Å². The molecule has 2 atom stereocenters. The molecule has 0 aromatic carbocycles.